The lowest BCUT2D eigenvalue weighted by atomic mass is 9.94. The van der Waals surface area contributed by atoms with Crippen molar-refractivity contribution in [2.45, 2.75) is 18.8 Å². The summed E-state index contributed by atoms with van der Waals surface area (Å²) < 4.78 is 26.0. The van der Waals surface area contributed by atoms with E-state index in [4.69, 9.17) is 5.73 Å². The van der Waals surface area contributed by atoms with Crippen LogP contribution >= 0.6 is 0 Å². The van der Waals surface area contributed by atoms with Gasteiger partial charge in [-0.05, 0) is 11.6 Å². The number of para-hydroxylation sites is 1. The molecule has 1 unspecified atom stereocenters. The second-order valence-corrected chi connectivity index (χ2v) is 3.14. The molecule has 2 N–H and O–H groups in total. The van der Waals surface area contributed by atoms with Gasteiger partial charge in [-0.3, -0.25) is 4.79 Å². The Morgan fingerprint density at radius 1 is 1.43 bits per heavy atom. The van der Waals surface area contributed by atoms with Gasteiger partial charge >= 0.3 is 5.92 Å². The molecule has 0 radical (unpaired) electrons. The predicted molar refractivity (Wildman–Crippen MR) is 50.3 cm³/mol. The van der Waals surface area contributed by atoms with Gasteiger partial charge in [0.25, 0.3) is 0 Å². The molecule has 0 aliphatic carbocycles. The SMILES string of the molecule is CC(c1ccccc1N)C(F)(F)C=O. The van der Waals surface area contributed by atoms with Gasteiger partial charge in [-0.1, -0.05) is 25.1 Å². The largest absolute Gasteiger partial charge is 0.398 e. The Labute approximate surface area is 80.7 Å². The first-order valence-corrected chi connectivity index (χ1v) is 4.17. The predicted octanol–water partition coefficient (Wildman–Crippen LogP) is 2.21. The first kappa shape index (κ1) is 10.6. The Morgan fingerprint density at radius 3 is 2.50 bits per heavy atom. The van der Waals surface area contributed by atoms with Crippen LogP contribution in [0.15, 0.2) is 24.3 Å². The molecular weight excluding hydrogens is 188 g/mol. The van der Waals surface area contributed by atoms with Crippen molar-refractivity contribution in [3.8, 4) is 0 Å². The van der Waals surface area contributed by atoms with Gasteiger partial charge < -0.3 is 5.73 Å². The van der Waals surface area contributed by atoms with Crippen molar-refractivity contribution < 1.29 is 13.6 Å². The molecule has 0 saturated heterocycles. The van der Waals surface area contributed by atoms with Crippen LogP contribution < -0.4 is 5.73 Å². The van der Waals surface area contributed by atoms with Crippen molar-refractivity contribution in [3.63, 3.8) is 0 Å². The summed E-state index contributed by atoms with van der Waals surface area (Å²) in [5, 5.41) is 0. The van der Waals surface area contributed by atoms with Gasteiger partial charge in [0.15, 0.2) is 6.29 Å². The van der Waals surface area contributed by atoms with Gasteiger partial charge in [0.2, 0.25) is 0 Å². The van der Waals surface area contributed by atoms with Crippen LogP contribution in [0.4, 0.5) is 14.5 Å². The summed E-state index contributed by atoms with van der Waals surface area (Å²) in [5.74, 6) is -4.56. The smallest absolute Gasteiger partial charge is 0.308 e. The number of hydrogen-bond donors (Lipinski definition) is 1. The fraction of sp³-hybridized carbons (Fsp3) is 0.300. The summed E-state index contributed by atoms with van der Waals surface area (Å²) in [5.41, 5.74) is 6.10. The molecule has 0 fully saturated rings. The first-order valence-electron chi connectivity index (χ1n) is 4.17. The molecule has 0 heterocycles. The van der Waals surface area contributed by atoms with E-state index in [1.54, 1.807) is 12.1 Å². The van der Waals surface area contributed by atoms with Crippen molar-refractivity contribution in [1.29, 1.82) is 0 Å². The molecule has 1 atom stereocenters. The Morgan fingerprint density at radius 2 is 2.00 bits per heavy atom. The number of aldehydes is 1. The Kier molecular flexibility index (Phi) is 2.84. The topological polar surface area (TPSA) is 43.1 Å². The molecule has 1 rings (SSSR count). The van der Waals surface area contributed by atoms with E-state index in [9.17, 15) is 13.6 Å². The molecule has 14 heavy (non-hydrogen) atoms. The van der Waals surface area contributed by atoms with Crippen LogP contribution in [-0.4, -0.2) is 12.2 Å². The molecule has 0 aromatic heterocycles. The van der Waals surface area contributed by atoms with E-state index < -0.39 is 11.8 Å². The third kappa shape index (κ3) is 1.89. The number of alkyl halides is 2. The summed E-state index contributed by atoms with van der Waals surface area (Å²) in [6.07, 6.45) is -0.343. The van der Waals surface area contributed by atoms with E-state index in [0.717, 1.165) is 0 Å². The molecule has 0 spiro atoms. The van der Waals surface area contributed by atoms with Crippen molar-refractivity contribution in [3.05, 3.63) is 29.8 Å². The highest BCUT2D eigenvalue weighted by molar-refractivity contribution is 5.64. The van der Waals surface area contributed by atoms with Gasteiger partial charge in [-0.25, -0.2) is 0 Å². The molecule has 76 valence electrons. The van der Waals surface area contributed by atoms with Gasteiger partial charge in [0.05, 0.1) is 5.92 Å². The summed E-state index contributed by atoms with van der Waals surface area (Å²) in [7, 11) is 0. The molecule has 0 amide bonds. The standard InChI is InChI=1S/C10H11F2NO/c1-7(10(11,12)6-14)8-4-2-3-5-9(8)13/h2-7H,13H2,1H3. The maximum absolute atomic E-state index is 13.0. The molecule has 0 saturated carbocycles. The third-order valence-corrected chi connectivity index (χ3v) is 2.20. The van der Waals surface area contributed by atoms with Gasteiger partial charge in [0, 0.05) is 5.69 Å². The first-order chi connectivity index (χ1) is 6.49. The lowest BCUT2D eigenvalue weighted by Gasteiger charge is -2.19. The van der Waals surface area contributed by atoms with Crippen molar-refractivity contribution >= 4 is 12.0 Å². The average Bonchev–Trinajstić information content (AvgIpc) is 2.17. The summed E-state index contributed by atoms with van der Waals surface area (Å²) in [6, 6.07) is 6.30. The van der Waals surface area contributed by atoms with Gasteiger partial charge in [0.1, 0.15) is 0 Å². The maximum atomic E-state index is 13.0. The third-order valence-electron chi connectivity index (χ3n) is 2.20. The lowest BCUT2D eigenvalue weighted by Crippen LogP contribution is -2.26. The van der Waals surface area contributed by atoms with E-state index in [2.05, 4.69) is 0 Å². The van der Waals surface area contributed by atoms with Gasteiger partial charge in [-0.15, -0.1) is 0 Å². The van der Waals surface area contributed by atoms with E-state index in [0.29, 0.717) is 5.56 Å². The highest BCUT2D eigenvalue weighted by Crippen LogP contribution is 2.33. The minimum atomic E-state index is -3.37. The minimum absolute atomic E-state index is 0.279. The van der Waals surface area contributed by atoms with E-state index in [1.165, 1.54) is 19.1 Å². The molecule has 4 heteroatoms. The fourth-order valence-corrected chi connectivity index (χ4v) is 1.21. The Balaban J connectivity index is 3.06. The molecule has 2 nitrogen and oxygen atoms in total. The monoisotopic (exact) mass is 199 g/mol. The van der Waals surface area contributed by atoms with Crippen molar-refractivity contribution in [1.82, 2.24) is 0 Å². The van der Waals surface area contributed by atoms with Crippen LogP contribution in [0.3, 0.4) is 0 Å². The molecule has 1 aromatic rings. The lowest BCUT2D eigenvalue weighted by molar-refractivity contribution is -0.131. The zero-order valence-electron chi connectivity index (χ0n) is 7.71. The number of nitrogen functional groups attached to an aromatic ring is 1. The van der Waals surface area contributed by atoms with Crippen molar-refractivity contribution in [2.24, 2.45) is 0 Å². The normalized spacial score (nSPS) is 13.6. The van der Waals surface area contributed by atoms with Gasteiger partial charge in [-0.2, -0.15) is 8.78 Å². The number of nitrogens with two attached hydrogens (primary N) is 1. The summed E-state index contributed by atoms with van der Waals surface area (Å²) in [6.45, 7) is 1.28. The Hall–Kier alpha value is -1.45. The average molecular weight is 199 g/mol. The van der Waals surface area contributed by atoms with Crippen LogP contribution in [-0.2, 0) is 4.79 Å². The zero-order chi connectivity index (χ0) is 10.8. The van der Waals surface area contributed by atoms with Crippen LogP contribution in [0.2, 0.25) is 0 Å². The number of carbonyl (C=O) groups excluding carboxylic acids is 1. The van der Waals surface area contributed by atoms with Crippen LogP contribution in [0.5, 0.6) is 0 Å². The number of halogens is 2. The fourth-order valence-electron chi connectivity index (χ4n) is 1.21. The number of benzene rings is 1. The minimum Gasteiger partial charge on any atom is -0.398 e. The summed E-state index contributed by atoms with van der Waals surface area (Å²) in [4.78, 5) is 10.2. The van der Waals surface area contributed by atoms with Crippen molar-refractivity contribution in [2.75, 3.05) is 5.73 Å². The Bertz CT molecular complexity index is 339. The molecule has 0 bridgehead atoms. The number of rotatable bonds is 3. The molecular formula is C10H11F2NO. The second-order valence-electron chi connectivity index (χ2n) is 3.14. The highest BCUT2D eigenvalue weighted by Gasteiger charge is 2.37. The summed E-state index contributed by atoms with van der Waals surface area (Å²) >= 11 is 0. The highest BCUT2D eigenvalue weighted by atomic mass is 19.3. The maximum Gasteiger partial charge on any atom is 0.308 e. The quantitative estimate of drug-likeness (QED) is 0.599. The number of carbonyl (C=O) groups is 1. The van der Waals surface area contributed by atoms with Crippen LogP contribution in [0, 0.1) is 0 Å². The van der Waals surface area contributed by atoms with E-state index in [1.807, 2.05) is 0 Å². The van der Waals surface area contributed by atoms with Crippen LogP contribution in [0.1, 0.15) is 18.4 Å². The van der Waals surface area contributed by atoms with E-state index in [-0.39, 0.29) is 12.0 Å². The molecule has 0 aliphatic heterocycles. The molecule has 1 aromatic carbocycles. The number of hydrogen-bond acceptors (Lipinski definition) is 2. The van der Waals surface area contributed by atoms with E-state index >= 15 is 0 Å². The number of anilines is 1. The zero-order valence-corrected chi connectivity index (χ0v) is 7.71. The van der Waals surface area contributed by atoms with Crippen LogP contribution in [0.25, 0.3) is 0 Å². The second kappa shape index (κ2) is 3.74. The molecule has 0 aliphatic rings.